The first kappa shape index (κ1) is 12.5. The molecule has 0 heterocycles. The predicted octanol–water partition coefficient (Wildman–Crippen LogP) is -0.174. The monoisotopic (exact) mass is 225 g/mol. The van der Waals surface area contributed by atoms with Crippen LogP contribution in [-0.4, -0.2) is 35.4 Å². The number of benzene rings is 1. The number of aryl methyl sites for hydroxylation is 1. The number of hydrogen-bond acceptors (Lipinski definition) is 4. The number of carbonyl (C=O) groups is 1. The molecule has 0 saturated heterocycles. The van der Waals surface area contributed by atoms with Crippen molar-refractivity contribution >= 4 is 5.91 Å². The largest absolute Gasteiger partial charge is 0.491 e. The van der Waals surface area contributed by atoms with Gasteiger partial charge in [-0.05, 0) is 30.7 Å². The Hall–Kier alpha value is -1.59. The van der Waals surface area contributed by atoms with Gasteiger partial charge >= 0.3 is 0 Å². The minimum absolute atomic E-state index is 0.00720. The van der Waals surface area contributed by atoms with Gasteiger partial charge in [0.1, 0.15) is 18.5 Å². The SMILES string of the molecule is Cc1cc(C(N)=O)ccc1OC[C@@H](O)CO. The van der Waals surface area contributed by atoms with Crippen LogP contribution >= 0.6 is 0 Å². The molecule has 1 amide bonds. The van der Waals surface area contributed by atoms with Crippen molar-refractivity contribution < 1.29 is 19.7 Å². The molecule has 0 aromatic heterocycles. The summed E-state index contributed by atoms with van der Waals surface area (Å²) < 4.78 is 5.26. The molecule has 0 spiro atoms. The van der Waals surface area contributed by atoms with Crippen LogP contribution in [0.4, 0.5) is 0 Å². The Kier molecular flexibility index (Phi) is 4.28. The molecule has 88 valence electrons. The zero-order chi connectivity index (χ0) is 12.1. The highest BCUT2D eigenvalue weighted by Crippen LogP contribution is 2.19. The maximum absolute atomic E-state index is 10.9. The maximum atomic E-state index is 10.9. The number of rotatable bonds is 5. The van der Waals surface area contributed by atoms with E-state index < -0.39 is 12.0 Å². The molecule has 0 aliphatic heterocycles. The standard InChI is InChI=1S/C11H15NO4/c1-7-4-8(11(12)15)2-3-10(7)16-6-9(14)5-13/h2-4,9,13-14H,5-6H2,1H3,(H2,12,15)/t9-/m0/s1. The average Bonchev–Trinajstić information content (AvgIpc) is 2.26. The molecule has 0 fully saturated rings. The van der Waals surface area contributed by atoms with Crippen molar-refractivity contribution in [1.29, 1.82) is 0 Å². The lowest BCUT2D eigenvalue weighted by Gasteiger charge is -2.12. The zero-order valence-corrected chi connectivity index (χ0v) is 9.01. The van der Waals surface area contributed by atoms with Crippen LogP contribution in [0.3, 0.4) is 0 Å². The Bertz CT molecular complexity index is 378. The molecule has 1 aromatic rings. The summed E-state index contributed by atoms with van der Waals surface area (Å²) >= 11 is 0. The quantitative estimate of drug-likeness (QED) is 0.648. The third kappa shape index (κ3) is 3.22. The van der Waals surface area contributed by atoms with Gasteiger partial charge in [0.05, 0.1) is 6.61 Å². The van der Waals surface area contributed by atoms with Crippen LogP contribution in [0.25, 0.3) is 0 Å². The highest BCUT2D eigenvalue weighted by molar-refractivity contribution is 5.93. The first-order valence-corrected chi connectivity index (χ1v) is 4.86. The van der Waals surface area contributed by atoms with Gasteiger partial charge in [-0.3, -0.25) is 4.79 Å². The first-order chi connectivity index (χ1) is 7.54. The summed E-state index contributed by atoms with van der Waals surface area (Å²) in [5.41, 5.74) is 6.28. The summed E-state index contributed by atoms with van der Waals surface area (Å²) in [4.78, 5) is 10.9. The minimum atomic E-state index is -0.907. The molecule has 1 rings (SSSR count). The fraction of sp³-hybridized carbons (Fsp3) is 0.364. The smallest absolute Gasteiger partial charge is 0.248 e. The first-order valence-electron chi connectivity index (χ1n) is 4.86. The van der Waals surface area contributed by atoms with Gasteiger partial charge in [-0.15, -0.1) is 0 Å². The van der Waals surface area contributed by atoms with Crippen LogP contribution in [0, 0.1) is 6.92 Å². The van der Waals surface area contributed by atoms with E-state index in [2.05, 4.69) is 0 Å². The highest BCUT2D eigenvalue weighted by atomic mass is 16.5. The molecule has 0 unspecified atom stereocenters. The van der Waals surface area contributed by atoms with Crippen LogP contribution in [0.1, 0.15) is 15.9 Å². The molecule has 1 aromatic carbocycles. The molecule has 0 aliphatic carbocycles. The fourth-order valence-electron chi connectivity index (χ4n) is 1.20. The van der Waals surface area contributed by atoms with Gasteiger partial charge in [0, 0.05) is 5.56 Å². The summed E-state index contributed by atoms with van der Waals surface area (Å²) in [6, 6.07) is 4.78. The van der Waals surface area contributed by atoms with E-state index in [0.29, 0.717) is 11.3 Å². The summed E-state index contributed by atoms with van der Waals surface area (Å²) in [5.74, 6) is 0.0579. The Morgan fingerprint density at radius 3 is 2.75 bits per heavy atom. The number of primary amides is 1. The number of hydrogen-bond donors (Lipinski definition) is 3. The van der Waals surface area contributed by atoms with E-state index >= 15 is 0 Å². The van der Waals surface area contributed by atoms with Crippen molar-refractivity contribution in [2.24, 2.45) is 5.73 Å². The molecule has 5 nitrogen and oxygen atoms in total. The molecule has 5 heteroatoms. The van der Waals surface area contributed by atoms with Crippen LogP contribution in [0.2, 0.25) is 0 Å². The van der Waals surface area contributed by atoms with E-state index in [-0.39, 0.29) is 13.2 Å². The number of nitrogens with two attached hydrogens (primary N) is 1. The van der Waals surface area contributed by atoms with E-state index in [1.807, 2.05) is 0 Å². The van der Waals surface area contributed by atoms with E-state index in [1.165, 1.54) is 0 Å². The van der Waals surface area contributed by atoms with Gasteiger partial charge < -0.3 is 20.7 Å². The molecular weight excluding hydrogens is 210 g/mol. The van der Waals surface area contributed by atoms with Crippen LogP contribution in [-0.2, 0) is 0 Å². The summed E-state index contributed by atoms with van der Waals surface area (Å²) in [7, 11) is 0. The second-order valence-electron chi connectivity index (χ2n) is 3.49. The second-order valence-corrected chi connectivity index (χ2v) is 3.49. The minimum Gasteiger partial charge on any atom is -0.491 e. The van der Waals surface area contributed by atoms with Crippen LogP contribution < -0.4 is 10.5 Å². The highest BCUT2D eigenvalue weighted by Gasteiger charge is 2.07. The van der Waals surface area contributed by atoms with Crippen LogP contribution in [0.15, 0.2) is 18.2 Å². The summed E-state index contributed by atoms with van der Waals surface area (Å²) in [6.45, 7) is 1.43. The van der Waals surface area contributed by atoms with Crippen molar-refractivity contribution in [3.05, 3.63) is 29.3 Å². The van der Waals surface area contributed by atoms with Gasteiger partial charge in [-0.1, -0.05) is 0 Å². The van der Waals surface area contributed by atoms with Crippen LogP contribution in [0.5, 0.6) is 5.75 Å². The van der Waals surface area contributed by atoms with Crippen molar-refractivity contribution in [1.82, 2.24) is 0 Å². The molecule has 0 saturated carbocycles. The Balaban J connectivity index is 2.72. The Labute approximate surface area is 93.5 Å². The number of carbonyl (C=O) groups excluding carboxylic acids is 1. The molecule has 0 aliphatic rings. The molecule has 16 heavy (non-hydrogen) atoms. The normalized spacial score (nSPS) is 12.2. The van der Waals surface area contributed by atoms with Gasteiger partial charge in [0.25, 0.3) is 0 Å². The molecule has 1 atom stereocenters. The second kappa shape index (κ2) is 5.48. The van der Waals surface area contributed by atoms with Crippen molar-refractivity contribution in [3.8, 4) is 5.75 Å². The summed E-state index contributed by atoms with van der Waals surface area (Å²) in [6.07, 6.45) is -0.907. The van der Waals surface area contributed by atoms with Crippen molar-refractivity contribution in [2.45, 2.75) is 13.0 Å². The lowest BCUT2D eigenvalue weighted by molar-refractivity contribution is 0.0534. The summed E-state index contributed by atoms with van der Waals surface area (Å²) in [5, 5.41) is 17.7. The Morgan fingerprint density at radius 2 is 2.25 bits per heavy atom. The zero-order valence-electron chi connectivity index (χ0n) is 9.01. The number of aliphatic hydroxyl groups excluding tert-OH is 2. The van der Waals surface area contributed by atoms with Gasteiger partial charge in [0.15, 0.2) is 0 Å². The Morgan fingerprint density at radius 1 is 1.56 bits per heavy atom. The average molecular weight is 225 g/mol. The lowest BCUT2D eigenvalue weighted by Crippen LogP contribution is -2.21. The number of amides is 1. The van der Waals surface area contributed by atoms with E-state index in [1.54, 1.807) is 25.1 Å². The fourth-order valence-corrected chi connectivity index (χ4v) is 1.20. The van der Waals surface area contributed by atoms with Gasteiger partial charge in [0.2, 0.25) is 5.91 Å². The molecular formula is C11H15NO4. The van der Waals surface area contributed by atoms with Crippen molar-refractivity contribution in [3.63, 3.8) is 0 Å². The van der Waals surface area contributed by atoms with Gasteiger partial charge in [-0.25, -0.2) is 0 Å². The molecule has 0 bridgehead atoms. The third-order valence-corrected chi connectivity index (χ3v) is 2.10. The molecule has 4 N–H and O–H groups in total. The maximum Gasteiger partial charge on any atom is 0.248 e. The predicted molar refractivity (Wildman–Crippen MR) is 58.3 cm³/mol. The van der Waals surface area contributed by atoms with Crippen molar-refractivity contribution in [2.75, 3.05) is 13.2 Å². The third-order valence-electron chi connectivity index (χ3n) is 2.10. The van der Waals surface area contributed by atoms with E-state index in [0.717, 1.165) is 5.56 Å². The van der Waals surface area contributed by atoms with E-state index in [9.17, 15) is 4.79 Å². The van der Waals surface area contributed by atoms with Gasteiger partial charge in [-0.2, -0.15) is 0 Å². The topological polar surface area (TPSA) is 92.8 Å². The lowest BCUT2D eigenvalue weighted by atomic mass is 10.1. The number of ether oxygens (including phenoxy) is 1. The molecule has 0 radical (unpaired) electrons. The van der Waals surface area contributed by atoms with E-state index in [4.69, 9.17) is 20.7 Å². The number of aliphatic hydroxyl groups is 2.